The third kappa shape index (κ3) is 8.39. The number of hydrogen-bond donors (Lipinski definition) is 1. The summed E-state index contributed by atoms with van der Waals surface area (Å²) in [6.07, 6.45) is 4.11. The van der Waals surface area contributed by atoms with Crippen LogP contribution in [0.4, 0.5) is 0 Å². The molecule has 2 atom stereocenters. The highest BCUT2D eigenvalue weighted by atomic mass is 16.5. The highest BCUT2D eigenvalue weighted by molar-refractivity contribution is 5.60. The van der Waals surface area contributed by atoms with Crippen LogP contribution in [0, 0.1) is 0 Å². The summed E-state index contributed by atoms with van der Waals surface area (Å²) in [6, 6.07) is 0. The van der Waals surface area contributed by atoms with Crippen molar-refractivity contribution in [3.05, 3.63) is 0 Å². The molecule has 0 amide bonds. The van der Waals surface area contributed by atoms with Crippen LogP contribution in [-0.4, -0.2) is 29.4 Å². The van der Waals surface area contributed by atoms with Crippen molar-refractivity contribution in [3.8, 4) is 0 Å². The molecule has 1 saturated heterocycles. The largest absolute Gasteiger partial charge is 0.550 e. The van der Waals surface area contributed by atoms with Crippen molar-refractivity contribution in [2.45, 2.75) is 58.2 Å². The molecule has 2 unspecified atom stereocenters. The van der Waals surface area contributed by atoms with E-state index in [-0.39, 0.29) is 0 Å². The fourth-order valence-corrected chi connectivity index (χ4v) is 1.60. The number of carboxylic acid groups (broad SMARTS) is 1. The van der Waals surface area contributed by atoms with E-state index in [1.165, 1.54) is 0 Å². The molecule has 0 aliphatic carbocycles. The van der Waals surface area contributed by atoms with Crippen LogP contribution in [0.25, 0.3) is 0 Å². The average molecular weight is 217 g/mol. The molecule has 0 bridgehead atoms. The molecule has 0 saturated carbocycles. The summed E-state index contributed by atoms with van der Waals surface area (Å²) in [5.74, 6) is -1.08. The fraction of sp³-hybridized carbons (Fsp3) is 0.909. The minimum atomic E-state index is -1.08. The maximum absolute atomic E-state index is 9.69. The fourth-order valence-electron chi connectivity index (χ4n) is 1.60. The SMILES string of the molecule is CC(=O)[O-].CCCC1CC(C)(O)CCO1. The summed E-state index contributed by atoms with van der Waals surface area (Å²) in [4.78, 5) is 8.89. The van der Waals surface area contributed by atoms with E-state index in [1.54, 1.807) is 0 Å². The molecule has 0 aromatic carbocycles. The maximum atomic E-state index is 9.69. The van der Waals surface area contributed by atoms with Crippen LogP contribution in [0.15, 0.2) is 0 Å². The Balaban J connectivity index is 0.000000423. The summed E-state index contributed by atoms with van der Waals surface area (Å²) >= 11 is 0. The van der Waals surface area contributed by atoms with Crippen LogP contribution in [-0.2, 0) is 9.53 Å². The van der Waals surface area contributed by atoms with Crippen LogP contribution < -0.4 is 5.11 Å². The van der Waals surface area contributed by atoms with Crippen LogP contribution in [0.3, 0.4) is 0 Å². The van der Waals surface area contributed by atoms with Gasteiger partial charge in [0.1, 0.15) is 0 Å². The Kier molecular flexibility index (Phi) is 6.52. The van der Waals surface area contributed by atoms with E-state index >= 15 is 0 Å². The third-order valence-electron chi connectivity index (χ3n) is 2.27. The van der Waals surface area contributed by atoms with Crippen molar-refractivity contribution >= 4 is 5.97 Å². The van der Waals surface area contributed by atoms with Crippen molar-refractivity contribution in [1.82, 2.24) is 0 Å². The second-order valence-electron chi connectivity index (χ2n) is 4.22. The lowest BCUT2D eigenvalue weighted by atomic mass is 9.91. The Labute approximate surface area is 91.3 Å². The zero-order valence-electron chi connectivity index (χ0n) is 9.78. The van der Waals surface area contributed by atoms with E-state index in [9.17, 15) is 5.11 Å². The molecular weight excluding hydrogens is 196 g/mol. The van der Waals surface area contributed by atoms with Gasteiger partial charge in [0.25, 0.3) is 0 Å². The molecule has 4 heteroatoms. The van der Waals surface area contributed by atoms with Gasteiger partial charge in [0.15, 0.2) is 0 Å². The Morgan fingerprint density at radius 2 is 2.20 bits per heavy atom. The van der Waals surface area contributed by atoms with Crippen LogP contribution >= 0.6 is 0 Å². The van der Waals surface area contributed by atoms with Gasteiger partial charge >= 0.3 is 0 Å². The van der Waals surface area contributed by atoms with Crippen LogP contribution in [0.1, 0.15) is 46.5 Å². The molecular formula is C11H21O4-. The molecule has 0 aromatic rings. The molecule has 1 rings (SSSR count). The number of carboxylic acids is 1. The molecule has 1 N–H and O–H groups in total. The van der Waals surface area contributed by atoms with Crippen molar-refractivity contribution in [1.29, 1.82) is 0 Å². The van der Waals surface area contributed by atoms with Gasteiger partial charge in [-0.15, -0.1) is 0 Å². The molecule has 15 heavy (non-hydrogen) atoms. The standard InChI is InChI=1S/C9H18O2.C2H4O2/c1-3-4-8-7-9(2,10)5-6-11-8;1-2(3)4/h8,10H,3-7H2,1-2H3;1H3,(H,3,4)/p-1. The highest BCUT2D eigenvalue weighted by Gasteiger charge is 2.29. The van der Waals surface area contributed by atoms with Gasteiger partial charge in [-0.3, -0.25) is 0 Å². The second-order valence-corrected chi connectivity index (χ2v) is 4.22. The number of rotatable bonds is 2. The van der Waals surface area contributed by atoms with Crippen LogP contribution in [0.2, 0.25) is 0 Å². The van der Waals surface area contributed by atoms with Gasteiger partial charge in [-0.2, -0.15) is 0 Å². The van der Waals surface area contributed by atoms with Gasteiger partial charge in [0, 0.05) is 19.0 Å². The first-order chi connectivity index (χ1) is 6.87. The van der Waals surface area contributed by atoms with Gasteiger partial charge in [-0.05, 0) is 26.7 Å². The monoisotopic (exact) mass is 217 g/mol. The molecule has 0 aromatic heterocycles. The first kappa shape index (κ1) is 14.4. The summed E-state index contributed by atoms with van der Waals surface area (Å²) in [6.45, 7) is 5.74. The lowest BCUT2D eigenvalue weighted by molar-refractivity contribution is -0.302. The summed E-state index contributed by atoms with van der Waals surface area (Å²) in [5, 5.41) is 18.6. The summed E-state index contributed by atoms with van der Waals surface area (Å²) < 4.78 is 5.49. The third-order valence-corrected chi connectivity index (χ3v) is 2.27. The Morgan fingerprint density at radius 3 is 2.60 bits per heavy atom. The average Bonchev–Trinajstić information content (AvgIpc) is 2.01. The molecule has 1 heterocycles. The van der Waals surface area contributed by atoms with Gasteiger partial charge in [-0.25, -0.2) is 0 Å². The molecule has 1 aliphatic rings. The van der Waals surface area contributed by atoms with Gasteiger partial charge < -0.3 is 19.7 Å². The van der Waals surface area contributed by atoms with Crippen molar-refractivity contribution in [3.63, 3.8) is 0 Å². The molecule has 0 radical (unpaired) electrons. The molecule has 4 nitrogen and oxygen atoms in total. The number of carbonyl (C=O) groups excluding carboxylic acids is 1. The van der Waals surface area contributed by atoms with Gasteiger partial charge in [0.05, 0.1) is 11.7 Å². The lowest BCUT2D eigenvalue weighted by Gasteiger charge is -2.33. The van der Waals surface area contributed by atoms with Crippen molar-refractivity contribution < 1.29 is 19.7 Å². The minimum absolute atomic E-state index is 0.295. The number of ether oxygens (including phenoxy) is 1. The topological polar surface area (TPSA) is 69.6 Å². The quantitative estimate of drug-likeness (QED) is 0.730. The van der Waals surface area contributed by atoms with Crippen molar-refractivity contribution in [2.75, 3.05) is 6.61 Å². The zero-order chi connectivity index (χ0) is 11.9. The molecule has 0 spiro atoms. The lowest BCUT2D eigenvalue weighted by Crippen LogP contribution is -2.38. The minimum Gasteiger partial charge on any atom is -0.550 e. The normalized spacial score (nSPS) is 30.3. The molecule has 1 fully saturated rings. The van der Waals surface area contributed by atoms with Gasteiger partial charge in [-0.1, -0.05) is 13.3 Å². The zero-order valence-corrected chi connectivity index (χ0v) is 9.78. The number of aliphatic carboxylic acids is 1. The first-order valence-corrected chi connectivity index (χ1v) is 5.39. The highest BCUT2D eigenvalue weighted by Crippen LogP contribution is 2.26. The van der Waals surface area contributed by atoms with E-state index < -0.39 is 11.6 Å². The van der Waals surface area contributed by atoms with E-state index in [2.05, 4.69) is 6.92 Å². The first-order valence-electron chi connectivity index (χ1n) is 5.39. The number of aliphatic hydroxyl groups is 1. The predicted octanol–water partition coefficient (Wildman–Crippen LogP) is 0.473. The van der Waals surface area contributed by atoms with Crippen molar-refractivity contribution in [2.24, 2.45) is 0 Å². The number of hydrogen-bond acceptors (Lipinski definition) is 4. The van der Waals surface area contributed by atoms with E-state index in [0.717, 1.165) is 39.2 Å². The summed E-state index contributed by atoms with van der Waals surface area (Å²) in [5.41, 5.74) is -0.474. The Morgan fingerprint density at radius 1 is 1.67 bits per heavy atom. The van der Waals surface area contributed by atoms with E-state index in [0.29, 0.717) is 6.10 Å². The number of carbonyl (C=O) groups is 1. The maximum Gasteiger partial charge on any atom is 0.0666 e. The Hall–Kier alpha value is -0.610. The van der Waals surface area contributed by atoms with Gasteiger partial charge in [0.2, 0.25) is 0 Å². The second kappa shape index (κ2) is 6.80. The smallest absolute Gasteiger partial charge is 0.0666 e. The predicted molar refractivity (Wildman–Crippen MR) is 55.2 cm³/mol. The Bertz CT molecular complexity index is 183. The van der Waals surface area contributed by atoms with E-state index in [4.69, 9.17) is 14.6 Å². The molecule has 1 aliphatic heterocycles. The molecule has 90 valence electrons. The summed E-state index contributed by atoms with van der Waals surface area (Å²) in [7, 11) is 0. The van der Waals surface area contributed by atoms with Crippen LogP contribution in [0.5, 0.6) is 0 Å². The van der Waals surface area contributed by atoms with E-state index in [1.807, 2.05) is 6.92 Å².